The molecule has 0 bridgehead atoms. The Kier molecular flexibility index (Phi) is 2.97. The average molecular weight is 219 g/mol. The molecule has 0 aliphatic rings. The van der Waals surface area contributed by atoms with Gasteiger partial charge in [-0.05, 0) is 31.5 Å². The van der Waals surface area contributed by atoms with Crippen molar-refractivity contribution in [3.05, 3.63) is 40.0 Å². The number of aryl methyl sites for hydroxylation is 2. The van der Waals surface area contributed by atoms with Crippen molar-refractivity contribution in [1.29, 1.82) is 0 Å². The monoisotopic (exact) mass is 219 g/mol. The zero-order chi connectivity index (χ0) is 10.7. The van der Waals surface area contributed by atoms with E-state index in [0.29, 0.717) is 0 Å². The first-order valence-electron chi connectivity index (χ1n) is 4.80. The molecular weight excluding hydrogens is 206 g/mol. The van der Waals surface area contributed by atoms with Crippen molar-refractivity contribution in [2.24, 2.45) is 0 Å². The molecule has 2 aromatic heterocycles. The zero-order valence-corrected chi connectivity index (χ0v) is 9.64. The van der Waals surface area contributed by atoms with Gasteiger partial charge < -0.3 is 5.32 Å². The number of aromatic nitrogens is 2. The lowest BCUT2D eigenvalue weighted by Crippen LogP contribution is -2.01. The Morgan fingerprint density at radius 3 is 2.87 bits per heavy atom. The summed E-state index contributed by atoms with van der Waals surface area (Å²) in [4.78, 5) is 9.65. The summed E-state index contributed by atoms with van der Waals surface area (Å²) in [6, 6.07) is 4.12. The fourth-order valence-corrected chi connectivity index (χ4v) is 1.97. The predicted octanol–water partition coefficient (Wildman–Crippen LogP) is 2.77. The number of hydrogen-bond donors (Lipinski definition) is 1. The van der Waals surface area contributed by atoms with Gasteiger partial charge in [-0.25, -0.2) is 4.98 Å². The van der Waals surface area contributed by atoms with Gasteiger partial charge in [-0.3, -0.25) is 4.98 Å². The highest BCUT2D eigenvalue weighted by atomic mass is 32.1. The van der Waals surface area contributed by atoms with E-state index in [1.54, 1.807) is 11.3 Å². The van der Waals surface area contributed by atoms with Gasteiger partial charge in [0.1, 0.15) is 5.82 Å². The molecule has 2 aromatic rings. The van der Waals surface area contributed by atoms with Crippen molar-refractivity contribution in [2.75, 3.05) is 5.32 Å². The second kappa shape index (κ2) is 4.40. The van der Waals surface area contributed by atoms with Gasteiger partial charge in [0.05, 0.1) is 12.1 Å². The quantitative estimate of drug-likeness (QED) is 0.862. The minimum atomic E-state index is 0.792. The highest BCUT2D eigenvalue weighted by Gasteiger charge is 1.98. The maximum Gasteiger partial charge on any atom is 0.126 e. The van der Waals surface area contributed by atoms with Crippen LogP contribution in [-0.2, 0) is 6.54 Å². The van der Waals surface area contributed by atoms with Crippen molar-refractivity contribution < 1.29 is 0 Å². The largest absolute Gasteiger partial charge is 0.365 e. The predicted molar refractivity (Wildman–Crippen MR) is 63.2 cm³/mol. The van der Waals surface area contributed by atoms with Crippen molar-refractivity contribution in [3.8, 4) is 0 Å². The Balaban J connectivity index is 2.05. The van der Waals surface area contributed by atoms with E-state index in [9.17, 15) is 0 Å². The molecule has 0 atom stereocenters. The molecule has 3 nitrogen and oxygen atoms in total. The molecule has 2 heterocycles. The number of hydrogen-bond acceptors (Lipinski definition) is 4. The van der Waals surface area contributed by atoms with Crippen LogP contribution in [0.1, 0.15) is 16.1 Å². The van der Waals surface area contributed by atoms with Crippen LogP contribution in [0.4, 0.5) is 5.82 Å². The van der Waals surface area contributed by atoms with Gasteiger partial charge >= 0.3 is 0 Å². The molecule has 2 rings (SSSR count). The molecule has 0 aliphatic carbocycles. The molecule has 0 aromatic carbocycles. The topological polar surface area (TPSA) is 37.8 Å². The fourth-order valence-electron chi connectivity index (χ4n) is 1.44. The molecule has 0 amide bonds. The minimum Gasteiger partial charge on any atom is -0.365 e. The third-order valence-electron chi connectivity index (χ3n) is 2.02. The van der Waals surface area contributed by atoms with Crippen LogP contribution in [0.25, 0.3) is 0 Å². The molecule has 0 fully saturated rings. The molecule has 0 saturated carbocycles. The summed E-state index contributed by atoms with van der Waals surface area (Å²) in [7, 11) is 0. The normalized spacial score (nSPS) is 10.3. The van der Waals surface area contributed by atoms with Crippen molar-refractivity contribution in [2.45, 2.75) is 20.4 Å². The Morgan fingerprint density at radius 2 is 2.20 bits per heavy atom. The lowest BCUT2D eigenvalue weighted by Gasteiger charge is -2.05. The molecule has 0 spiro atoms. The van der Waals surface area contributed by atoms with E-state index < -0.39 is 0 Å². The lowest BCUT2D eigenvalue weighted by molar-refractivity contribution is 1.09. The van der Waals surface area contributed by atoms with Crippen LogP contribution in [0.2, 0.25) is 0 Å². The van der Waals surface area contributed by atoms with Crippen LogP contribution in [0.3, 0.4) is 0 Å². The first-order chi connectivity index (χ1) is 7.24. The second-order valence-corrected chi connectivity index (χ2v) is 4.46. The highest BCUT2D eigenvalue weighted by Crippen LogP contribution is 2.12. The second-order valence-electron chi connectivity index (χ2n) is 3.49. The van der Waals surface area contributed by atoms with E-state index in [1.165, 1.54) is 10.4 Å². The van der Waals surface area contributed by atoms with E-state index in [1.807, 2.05) is 24.7 Å². The highest BCUT2D eigenvalue weighted by molar-refractivity contribution is 7.09. The summed E-state index contributed by atoms with van der Waals surface area (Å²) in [5.41, 5.74) is 4.11. The van der Waals surface area contributed by atoms with Gasteiger partial charge in [-0.15, -0.1) is 11.3 Å². The standard InChI is InChI=1S/C11H13N3S/c1-8-3-9(2)14-11(4-8)13-6-10-5-12-7-15-10/h3-5,7H,6H2,1-2H3,(H,13,14). The van der Waals surface area contributed by atoms with Gasteiger partial charge in [0.15, 0.2) is 0 Å². The number of thiazole rings is 1. The molecule has 15 heavy (non-hydrogen) atoms. The Morgan fingerprint density at radius 1 is 1.33 bits per heavy atom. The maximum atomic E-state index is 4.41. The molecule has 78 valence electrons. The number of nitrogens with zero attached hydrogens (tertiary/aromatic N) is 2. The van der Waals surface area contributed by atoms with Crippen LogP contribution in [0.15, 0.2) is 23.8 Å². The molecule has 1 N–H and O–H groups in total. The number of rotatable bonds is 3. The molecular formula is C11H13N3S. The summed E-state index contributed by atoms with van der Waals surface area (Å²) in [6.45, 7) is 4.87. The Labute approximate surface area is 93.2 Å². The van der Waals surface area contributed by atoms with Gasteiger partial charge in [0, 0.05) is 16.8 Å². The summed E-state index contributed by atoms with van der Waals surface area (Å²) in [5, 5.41) is 3.29. The van der Waals surface area contributed by atoms with Gasteiger partial charge in [0.25, 0.3) is 0 Å². The summed E-state index contributed by atoms with van der Waals surface area (Å²) < 4.78 is 0. The Bertz CT molecular complexity index is 417. The van der Waals surface area contributed by atoms with Crippen LogP contribution in [-0.4, -0.2) is 9.97 Å². The Hall–Kier alpha value is -1.42. The summed E-state index contributed by atoms with van der Waals surface area (Å²) in [5.74, 6) is 0.931. The van der Waals surface area contributed by atoms with E-state index in [2.05, 4.69) is 28.3 Å². The van der Waals surface area contributed by atoms with E-state index in [4.69, 9.17) is 0 Å². The van der Waals surface area contributed by atoms with E-state index >= 15 is 0 Å². The third-order valence-corrected chi connectivity index (χ3v) is 2.80. The summed E-state index contributed by atoms with van der Waals surface area (Å²) in [6.07, 6.45) is 1.88. The van der Waals surface area contributed by atoms with Crippen molar-refractivity contribution in [3.63, 3.8) is 0 Å². The number of pyridine rings is 1. The number of anilines is 1. The number of nitrogens with one attached hydrogen (secondary N) is 1. The average Bonchev–Trinajstić information content (AvgIpc) is 2.65. The fraction of sp³-hybridized carbons (Fsp3) is 0.273. The SMILES string of the molecule is Cc1cc(C)nc(NCc2cncs2)c1. The van der Waals surface area contributed by atoms with Crippen LogP contribution < -0.4 is 5.32 Å². The first-order valence-corrected chi connectivity index (χ1v) is 5.68. The van der Waals surface area contributed by atoms with E-state index in [0.717, 1.165) is 18.1 Å². The van der Waals surface area contributed by atoms with Gasteiger partial charge in [-0.1, -0.05) is 0 Å². The van der Waals surface area contributed by atoms with E-state index in [-0.39, 0.29) is 0 Å². The maximum absolute atomic E-state index is 4.41. The van der Waals surface area contributed by atoms with Crippen LogP contribution in [0, 0.1) is 13.8 Å². The van der Waals surface area contributed by atoms with Gasteiger partial charge in [0.2, 0.25) is 0 Å². The van der Waals surface area contributed by atoms with Gasteiger partial charge in [-0.2, -0.15) is 0 Å². The minimum absolute atomic E-state index is 0.792. The molecule has 0 unspecified atom stereocenters. The molecule has 0 aliphatic heterocycles. The van der Waals surface area contributed by atoms with Crippen molar-refractivity contribution in [1.82, 2.24) is 9.97 Å². The van der Waals surface area contributed by atoms with Crippen LogP contribution in [0.5, 0.6) is 0 Å². The summed E-state index contributed by atoms with van der Waals surface area (Å²) >= 11 is 1.65. The van der Waals surface area contributed by atoms with Crippen molar-refractivity contribution >= 4 is 17.2 Å². The van der Waals surface area contributed by atoms with Crippen LogP contribution >= 0.6 is 11.3 Å². The third kappa shape index (κ3) is 2.76. The molecule has 0 radical (unpaired) electrons. The smallest absolute Gasteiger partial charge is 0.126 e. The zero-order valence-electron chi connectivity index (χ0n) is 8.82. The lowest BCUT2D eigenvalue weighted by atomic mass is 10.2. The first kappa shape index (κ1) is 10.1. The molecule has 0 saturated heterocycles. The molecule has 4 heteroatoms.